The van der Waals surface area contributed by atoms with Gasteiger partial charge < -0.3 is 13.9 Å². The van der Waals surface area contributed by atoms with Crippen molar-refractivity contribution in [3.05, 3.63) is 72.6 Å². The standard InChI is InChI=1S/C20H22N4O2/c25-20(17-6-7-19(21-15-17)23-9-1-2-10-23)24-11-4-8-22(12-13-24)16-18-5-3-14-26-18/h1-3,5-7,9-10,14-15H,4,8,11-13,16H2. The average Bonchev–Trinajstić information content (AvgIpc) is 3.33. The van der Waals surface area contributed by atoms with Gasteiger partial charge in [0.1, 0.15) is 11.6 Å². The summed E-state index contributed by atoms with van der Waals surface area (Å²) in [6.45, 7) is 4.10. The van der Waals surface area contributed by atoms with E-state index in [9.17, 15) is 4.79 Å². The molecule has 0 bridgehead atoms. The third-order valence-corrected chi connectivity index (χ3v) is 4.70. The van der Waals surface area contributed by atoms with E-state index < -0.39 is 0 Å². The summed E-state index contributed by atoms with van der Waals surface area (Å²) in [4.78, 5) is 21.5. The Morgan fingerprint density at radius 3 is 2.65 bits per heavy atom. The predicted octanol–water partition coefficient (Wildman–Crippen LogP) is 2.81. The predicted molar refractivity (Wildman–Crippen MR) is 98.1 cm³/mol. The van der Waals surface area contributed by atoms with E-state index in [0.717, 1.165) is 50.7 Å². The maximum absolute atomic E-state index is 12.8. The minimum atomic E-state index is 0.0522. The molecule has 0 aliphatic carbocycles. The van der Waals surface area contributed by atoms with Crippen molar-refractivity contribution in [3.63, 3.8) is 0 Å². The number of rotatable bonds is 4. The van der Waals surface area contributed by atoms with Crippen molar-refractivity contribution in [1.82, 2.24) is 19.4 Å². The fourth-order valence-corrected chi connectivity index (χ4v) is 3.29. The van der Waals surface area contributed by atoms with Crippen molar-refractivity contribution in [1.29, 1.82) is 0 Å². The van der Waals surface area contributed by atoms with Gasteiger partial charge in [-0.1, -0.05) is 0 Å². The van der Waals surface area contributed by atoms with E-state index in [1.807, 2.05) is 58.3 Å². The van der Waals surface area contributed by atoms with E-state index in [2.05, 4.69) is 9.88 Å². The number of pyridine rings is 1. The van der Waals surface area contributed by atoms with Gasteiger partial charge in [-0.2, -0.15) is 0 Å². The lowest BCUT2D eigenvalue weighted by Crippen LogP contribution is -2.35. The monoisotopic (exact) mass is 350 g/mol. The lowest BCUT2D eigenvalue weighted by molar-refractivity contribution is 0.0760. The van der Waals surface area contributed by atoms with E-state index in [1.165, 1.54) is 0 Å². The summed E-state index contributed by atoms with van der Waals surface area (Å²) in [5.41, 5.74) is 0.639. The fraction of sp³-hybridized carbons (Fsp3) is 0.300. The molecule has 0 unspecified atom stereocenters. The number of carbonyl (C=O) groups is 1. The van der Waals surface area contributed by atoms with Crippen LogP contribution in [-0.4, -0.2) is 51.4 Å². The minimum absolute atomic E-state index is 0.0522. The second-order valence-electron chi connectivity index (χ2n) is 6.50. The first kappa shape index (κ1) is 16.6. The molecule has 134 valence electrons. The van der Waals surface area contributed by atoms with E-state index in [0.29, 0.717) is 5.56 Å². The molecule has 26 heavy (non-hydrogen) atoms. The Labute approximate surface area is 152 Å². The molecule has 4 rings (SSSR count). The van der Waals surface area contributed by atoms with Crippen LogP contribution in [0.1, 0.15) is 22.5 Å². The largest absolute Gasteiger partial charge is 0.468 e. The highest BCUT2D eigenvalue weighted by molar-refractivity contribution is 5.94. The summed E-state index contributed by atoms with van der Waals surface area (Å²) in [5.74, 6) is 1.83. The third kappa shape index (κ3) is 3.70. The Morgan fingerprint density at radius 2 is 1.92 bits per heavy atom. The molecule has 0 aromatic carbocycles. The van der Waals surface area contributed by atoms with E-state index >= 15 is 0 Å². The van der Waals surface area contributed by atoms with Gasteiger partial charge in [0.15, 0.2) is 0 Å². The molecule has 1 aliphatic heterocycles. The molecule has 1 aliphatic rings. The van der Waals surface area contributed by atoms with Gasteiger partial charge >= 0.3 is 0 Å². The van der Waals surface area contributed by atoms with Crippen LogP contribution < -0.4 is 0 Å². The highest BCUT2D eigenvalue weighted by Crippen LogP contribution is 2.13. The number of nitrogens with zero attached hydrogens (tertiary/aromatic N) is 4. The van der Waals surface area contributed by atoms with Crippen LogP contribution in [0.4, 0.5) is 0 Å². The molecule has 6 nitrogen and oxygen atoms in total. The molecule has 4 heterocycles. The molecule has 0 radical (unpaired) electrons. The summed E-state index contributed by atoms with van der Waals surface area (Å²) in [6, 6.07) is 11.5. The molecule has 0 atom stereocenters. The fourth-order valence-electron chi connectivity index (χ4n) is 3.29. The van der Waals surface area contributed by atoms with Crippen LogP contribution in [0.25, 0.3) is 5.82 Å². The summed E-state index contributed by atoms with van der Waals surface area (Å²) < 4.78 is 7.35. The molecule has 6 heteroatoms. The van der Waals surface area contributed by atoms with Gasteiger partial charge in [0.2, 0.25) is 0 Å². The lowest BCUT2D eigenvalue weighted by atomic mass is 10.2. The van der Waals surface area contributed by atoms with Crippen molar-refractivity contribution >= 4 is 5.91 Å². The Balaban J connectivity index is 1.38. The van der Waals surface area contributed by atoms with Crippen LogP contribution in [0.15, 0.2) is 65.7 Å². The molecule has 3 aromatic heterocycles. The van der Waals surface area contributed by atoms with Gasteiger partial charge in [0, 0.05) is 44.8 Å². The Morgan fingerprint density at radius 1 is 1.04 bits per heavy atom. The van der Waals surface area contributed by atoms with Gasteiger partial charge in [-0.25, -0.2) is 4.98 Å². The van der Waals surface area contributed by atoms with Crippen molar-refractivity contribution < 1.29 is 9.21 Å². The normalized spacial score (nSPS) is 15.8. The van der Waals surface area contributed by atoms with E-state index in [-0.39, 0.29) is 5.91 Å². The van der Waals surface area contributed by atoms with Crippen molar-refractivity contribution in [2.75, 3.05) is 26.2 Å². The number of hydrogen-bond acceptors (Lipinski definition) is 4. The molecule has 3 aromatic rings. The van der Waals surface area contributed by atoms with Crippen LogP contribution in [-0.2, 0) is 6.54 Å². The summed E-state index contributed by atoms with van der Waals surface area (Å²) in [6.07, 6.45) is 8.20. The number of hydrogen-bond donors (Lipinski definition) is 0. The zero-order chi connectivity index (χ0) is 17.8. The Hall–Kier alpha value is -2.86. The van der Waals surface area contributed by atoms with E-state index in [1.54, 1.807) is 12.5 Å². The third-order valence-electron chi connectivity index (χ3n) is 4.70. The van der Waals surface area contributed by atoms with Gasteiger partial charge in [-0.05, 0) is 42.8 Å². The smallest absolute Gasteiger partial charge is 0.255 e. The number of carbonyl (C=O) groups excluding carboxylic acids is 1. The zero-order valence-electron chi connectivity index (χ0n) is 14.6. The summed E-state index contributed by atoms with van der Waals surface area (Å²) in [7, 11) is 0. The highest BCUT2D eigenvalue weighted by atomic mass is 16.3. The van der Waals surface area contributed by atoms with Gasteiger partial charge in [-0.15, -0.1) is 0 Å². The van der Waals surface area contributed by atoms with Gasteiger partial charge in [0.25, 0.3) is 5.91 Å². The molecule has 1 fully saturated rings. The molecule has 1 amide bonds. The Kier molecular flexibility index (Phi) is 4.84. The summed E-state index contributed by atoms with van der Waals surface area (Å²) >= 11 is 0. The Bertz CT molecular complexity index is 825. The lowest BCUT2D eigenvalue weighted by Gasteiger charge is -2.21. The first-order valence-corrected chi connectivity index (χ1v) is 8.93. The van der Waals surface area contributed by atoms with Crippen LogP contribution >= 0.6 is 0 Å². The first-order chi connectivity index (χ1) is 12.8. The topological polar surface area (TPSA) is 54.5 Å². The molecule has 0 N–H and O–H groups in total. The average molecular weight is 350 g/mol. The SMILES string of the molecule is O=C(c1ccc(-n2cccc2)nc1)N1CCCN(Cc2ccco2)CC1. The summed E-state index contributed by atoms with van der Waals surface area (Å²) in [5, 5.41) is 0. The van der Waals surface area contributed by atoms with Crippen LogP contribution in [0, 0.1) is 0 Å². The number of aromatic nitrogens is 2. The van der Waals surface area contributed by atoms with E-state index in [4.69, 9.17) is 4.42 Å². The highest BCUT2D eigenvalue weighted by Gasteiger charge is 2.21. The molecular formula is C20H22N4O2. The molecule has 1 saturated heterocycles. The molecule has 0 spiro atoms. The van der Waals surface area contributed by atoms with Crippen LogP contribution in [0.5, 0.6) is 0 Å². The molecule has 0 saturated carbocycles. The van der Waals surface area contributed by atoms with Crippen LogP contribution in [0.3, 0.4) is 0 Å². The van der Waals surface area contributed by atoms with Crippen molar-refractivity contribution in [3.8, 4) is 5.82 Å². The maximum atomic E-state index is 12.8. The number of amides is 1. The minimum Gasteiger partial charge on any atom is -0.468 e. The first-order valence-electron chi connectivity index (χ1n) is 8.93. The zero-order valence-corrected chi connectivity index (χ0v) is 14.6. The van der Waals surface area contributed by atoms with Gasteiger partial charge in [-0.3, -0.25) is 9.69 Å². The van der Waals surface area contributed by atoms with Crippen LogP contribution in [0.2, 0.25) is 0 Å². The second-order valence-corrected chi connectivity index (χ2v) is 6.50. The van der Waals surface area contributed by atoms with Crippen molar-refractivity contribution in [2.45, 2.75) is 13.0 Å². The number of furan rings is 1. The quantitative estimate of drug-likeness (QED) is 0.726. The molecular weight excluding hydrogens is 328 g/mol. The maximum Gasteiger partial charge on any atom is 0.255 e. The van der Waals surface area contributed by atoms with Gasteiger partial charge in [0.05, 0.1) is 18.4 Å². The van der Waals surface area contributed by atoms with Crippen molar-refractivity contribution in [2.24, 2.45) is 0 Å². The second kappa shape index (κ2) is 7.58.